The number of rotatable bonds is 8. The fourth-order valence-corrected chi connectivity index (χ4v) is 9.46. The molecule has 2 aliphatic rings. The number of benzene rings is 8. The van der Waals surface area contributed by atoms with Gasteiger partial charge in [0.15, 0.2) is 0 Å². The smallest absolute Gasteiger partial charge is 0.0531 e. The van der Waals surface area contributed by atoms with E-state index in [2.05, 4.69) is 193 Å². The standard InChI is InChI=1S/C56H47N/c1-4-14-40(15-5-1)43-24-26-45(27-25-43)47-34-38-50(39-35-47)57(49-36-32-46(33-37-49)42-18-8-3-9-19-42)56-53-22-12-10-20-51(53)55(52-21-11-13-23-54(52)56)48-30-28-44(29-31-48)41-16-6-2-7-17-41/h1-9,14-19,24-39H,10-13,20-23H2. The fourth-order valence-electron chi connectivity index (χ4n) is 9.46. The lowest BCUT2D eigenvalue weighted by Gasteiger charge is -2.37. The van der Waals surface area contributed by atoms with Crippen LogP contribution in [0.5, 0.6) is 0 Å². The first-order valence-electron chi connectivity index (χ1n) is 20.9. The van der Waals surface area contributed by atoms with Crippen molar-refractivity contribution in [1.29, 1.82) is 0 Å². The van der Waals surface area contributed by atoms with Crippen molar-refractivity contribution in [2.24, 2.45) is 0 Å². The molecule has 0 radical (unpaired) electrons. The Balaban J connectivity index is 1.10. The Morgan fingerprint density at radius 3 is 0.842 bits per heavy atom. The van der Waals surface area contributed by atoms with Crippen LogP contribution in [0, 0.1) is 0 Å². The largest absolute Gasteiger partial charge is 0.310 e. The number of hydrogen-bond acceptors (Lipinski definition) is 1. The summed E-state index contributed by atoms with van der Waals surface area (Å²) in [6, 6.07) is 69.3. The van der Waals surface area contributed by atoms with Gasteiger partial charge in [-0.05, 0) is 154 Å². The zero-order chi connectivity index (χ0) is 38.0. The average Bonchev–Trinajstić information content (AvgIpc) is 3.30. The van der Waals surface area contributed by atoms with E-state index in [1.165, 1.54) is 98.4 Å². The van der Waals surface area contributed by atoms with Gasteiger partial charge in [0.05, 0.1) is 5.69 Å². The molecule has 0 aromatic heterocycles. The summed E-state index contributed by atoms with van der Waals surface area (Å²) in [6.45, 7) is 0. The molecule has 0 saturated carbocycles. The zero-order valence-corrected chi connectivity index (χ0v) is 32.5. The van der Waals surface area contributed by atoms with E-state index in [0.29, 0.717) is 0 Å². The summed E-state index contributed by atoms with van der Waals surface area (Å²) in [5, 5.41) is 0. The van der Waals surface area contributed by atoms with E-state index in [-0.39, 0.29) is 0 Å². The summed E-state index contributed by atoms with van der Waals surface area (Å²) in [5.74, 6) is 0. The highest BCUT2D eigenvalue weighted by molar-refractivity contribution is 5.89. The summed E-state index contributed by atoms with van der Waals surface area (Å²) >= 11 is 0. The molecule has 1 nitrogen and oxygen atoms in total. The lowest BCUT2D eigenvalue weighted by molar-refractivity contribution is 0.661. The van der Waals surface area contributed by atoms with Gasteiger partial charge in [0.25, 0.3) is 0 Å². The van der Waals surface area contributed by atoms with Crippen LogP contribution in [-0.2, 0) is 25.7 Å². The van der Waals surface area contributed by atoms with Crippen LogP contribution in [0.25, 0.3) is 55.6 Å². The van der Waals surface area contributed by atoms with Gasteiger partial charge in [-0.3, -0.25) is 0 Å². The van der Waals surface area contributed by atoms with Crippen LogP contribution in [0.4, 0.5) is 17.1 Å². The maximum Gasteiger partial charge on any atom is 0.0531 e. The van der Waals surface area contributed by atoms with E-state index < -0.39 is 0 Å². The van der Waals surface area contributed by atoms with Gasteiger partial charge in [-0.25, -0.2) is 0 Å². The monoisotopic (exact) mass is 733 g/mol. The van der Waals surface area contributed by atoms with Gasteiger partial charge in [-0.1, -0.05) is 164 Å². The molecule has 0 fully saturated rings. The van der Waals surface area contributed by atoms with E-state index in [9.17, 15) is 0 Å². The number of nitrogens with zero attached hydrogens (tertiary/aromatic N) is 1. The second-order valence-electron chi connectivity index (χ2n) is 15.7. The first-order chi connectivity index (χ1) is 28.3. The molecule has 0 unspecified atom stereocenters. The maximum atomic E-state index is 2.62. The van der Waals surface area contributed by atoms with E-state index >= 15 is 0 Å². The molecule has 10 rings (SSSR count). The van der Waals surface area contributed by atoms with Crippen LogP contribution in [0.1, 0.15) is 47.9 Å². The molecule has 0 aliphatic heterocycles. The third-order valence-corrected chi connectivity index (χ3v) is 12.3. The van der Waals surface area contributed by atoms with Crippen molar-refractivity contribution >= 4 is 17.1 Å². The molecule has 276 valence electrons. The van der Waals surface area contributed by atoms with Gasteiger partial charge in [0.1, 0.15) is 0 Å². The normalized spacial score (nSPS) is 13.4. The predicted octanol–water partition coefficient (Wildman–Crippen LogP) is 15.2. The van der Waals surface area contributed by atoms with Crippen molar-refractivity contribution < 1.29 is 0 Å². The van der Waals surface area contributed by atoms with E-state index in [4.69, 9.17) is 0 Å². The molecule has 0 atom stereocenters. The van der Waals surface area contributed by atoms with Crippen molar-refractivity contribution in [1.82, 2.24) is 0 Å². The van der Waals surface area contributed by atoms with Crippen LogP contribution in [0.2, 0.25) is 0 Å². The number of hydrogen-bond donors (Lipinski definition) is 0. The Kier molecular flexibility index (Phi) is 9.58. The zero-order valence-electron chi connectivity index (χ0n) is 32.5. The minimum Gasteiger partial charge on any atom is -0.310 e. The SMILES string of the molecule is c1ccc(-c2ccc(-c3ccc(N(c4ccc(-c5ccccc5)cc4)c4c5c(c(-c6ccc(-c7ccccc7)cc6)c6c4CCCC6)CCCC5)cc3)cc2)cc1. The van der Waals surface area contributed by atoms with Gasteiger partial charge < -0.3 is 4.90 Å². The summed E-state index contributed by atoms with van der Waals surface area (Å²) in [4.78, 5) is 2.62. The van der Waals surface area contributed by atoms with Crippen LogP contribution >= 0.6 is 0 Å². The van der Waals surface area contributed by atoms with Gasteiger partial charge in [-0.2, -0.15) is 0 Å². The third-order valence-electron chi connectivity index (χ3n) is 12.3. The Morgan fingerprint density at radius 1 is 0.246 bits per heavy atom. The van der Waals surface area contributed by atoms with Gasteiger partial charge in [0.2, 0.25) is 0 Å². The highest BCUT2D eigenvalue weighted by Crippen LogP contribution is 2.50. The van der Waals surface area contributed by atoms with E-state index in [1.54, 1.807) is 22.3 Å². The minimum atomic E-state index is 1.11. The Morgan fingerprint density at radius 2 is 0.509 bits per heavy atom. The molecule has 0 bridgehead atoms. The lowest BCUT2D eigenvalue weighted by atomic mass is 9.75. The quantitative estimate of drug-likeness (QED) is 0.150. The van der Waals surface area contributed by atoms with Crippen molar-refractivity contribution in [2.45, 2.75) is 51.4 Å². The Bertz CT molecular complexity index is 2570. The van der Waals surface area contributed by atoms with E-state index in [1.807, 2.05) is 0 Å². The van der Waals surface area contributed by atoms with Crippen molar-refractivity contribution in [3.05, 3.63) is 210 Å². The van der Waals surface area contributed by atoms with Crippen molar-refractivity contribution in [2.75, 3.05) is 4.90 Å². The van der Waals surface area contributed by atoms with Gasteiger partial charge >= 0.3 is 0 Å². The molecule has 8 aromatic carbocycles. The van der Waals surface area contributed by atoms with Gasteiger partial charge in [0, 0.05) is 11.4 Å². The maximum absolute atomic E-state index is 2.62. The van der Waals surface area contributed by atoms with E-state index in [0.717, 1.165) is 25.7 Å². The highest BCUT2D eigenvalue weighted by Gasteiger charge is 2.31. The molecule has 8 aromatic rings. The van der Waals surface area contributed by atoms with Crippen LogP contribution < -0.4 is 4.90 Å². The topological polar surface area (TPSA) is 3.24 Å². The summed E-state index contributed by atoms with van der Waals surface area (Å²) < 4.78 is 0. The number of anilines is 3. The molecule has 0 heterocycles. The van der Waals surface area contributed by atoms with Crippen LogP contribution in [-0.4, -0.2) is 0 Å². The highest BCUT2D eigenvalue weighted by atomic mass is 15.1. The Labute approximate surface area is 337 Å². The molecule has 2 aliphatic carbocycles. The lowest BCUT2D eigenvalue weighted by Crippen LogP contribution is -2.21. The van der Waals surface area contributed by atoms with Crippen molar-refractivity contribution in [3.8, 4) is 55.6 Å². The molecular weight excluding hydrogens is 687 g/mol. The molecular formula is C56H47N. The molecule has 57 heavy (non-hydrogen) atoms. The first kappa shape index (κ1) is 35.0. The summed E-state index contributed by atoms with van der Waals surface area (Å²) in [6.07, 6.45) is 9.41. The summed E-state index contributed by atoms with van der Waals surface area (Å²) in [5.41, 5.74) is 23.0. The first-order valence-corrected chi connectivity index (χ1v) is 20.9. The predicted molar refractivity (Wildman–Crippen MR) is 242 cm³/mol. The third kappa shape index (κ3) is 6.89. The molecule has 1 heteroatoms. The molecule has 0 spiro atoms. The second-order valence-corrected chi connectivity index (χ2v) is 15.7. The molecule has 0 N–H and O–H groups in total. The van der Waals surface area contributed by atoms with Crippen LogP contribution in [0.3, 0.4) is 0 Å². The number of fused-ring (bicyclic) bond motifs is 2. The average molecular weight is 734 g/mol. The second kappa shape index (κ2) is 15.6. The minimum absolute atomic E-state index is 1.11. The van der Waals surface area contributed by atoms with Gasteiger partial charge in [-0.15, -0.1) is 0 Å². The van der Waals surface area contributed by atoms with Crippen molar-refractivity contribution in [3.63, 3.8) is 0 Å². The summed E-state index contributed by atoms with van der Waals surface area (Å²) in [7, 11) is 0. The van der Waals surface area contributed by atoms with Crippen LogP contribution in [0.15, 0.2) is 188 Å². The molecule has 0 saturated heterocycles. The fraction of sp³-hybridized carbons (Fsp3) is 0.143. The Hall–Kier alpha value is -6.44. The molecule has 0 amide bonds.